The second-order valence-corrected chi connectivity index (χ2v) is 4.57. The fourth-order valence-electron chi connectivity index (χ4n) is 1.46. The Kier molecular flexibility index (Phi) is 21.4. The molecule has 0 atom stereocenters. The van der Waals surface area contributed by atoms with E-state index in [2.05, 4.69) is 5.32 Å². The first-order chi connectivity index (χ1) is 11.4. The molecule has 8 nitrogen and oxygen atoms in total. The first-order valence-electron chi connectivity index (χ1n) is 8.23. The molecule has 0 saturated carbocycles. The van der Waals surface area contributed by atoms with E-state index in [-0.39, 0.29) is 0 Å². The third-order valence-electron chi connectivity index (χ3n) is 2.62. The van der Waals surface area contributed by atoms with Crippen molar-refractivity contribution >= 4 is 0 Å². The minimum atomic E-state index is 0.540. The van der Waals surface area contributed by atoms with E-state index in [4.69, 9.17) is 34.2 Å². The van der Waals surface area contributed by atoms with E-state index in [0.29, 0.717) is 85.8 Å². The molecule has 0 aliphatic rings. The lowest BCUT2D eigenvalue weighted by Gasteiger charge is -2.08. The van der Waals surface area contributed by atoms with Crippen LogP contribution in [-0.2, 0) is 28.4 Å². The Morgan fingerprint density at radius 3 is 1.13 bits per heavy atom. The summed E-state index contributed by atoms with van der Waals surface area (Å²) in [6.07, 6.45) is 0. The molecular formula is C15H34N2O6. The van der Waals surface area contributed by atoms with Crippen molar-refractivity contribution in [1.82, 2.24) is 5.32 Å². The molecule has 0 aliphatic carbocycles. The molecule has 0 amide bonds. The molecule has 0 aliphatic heterocycles. The normalized spacial score (nSPS) is 11.2. The Morgan fingerprint density at radius 1 is 0.522 bits per heavy atom. The molecule has 0 heterocycles. The zero-order chi connectivity index (χ0) is 16.8. The summed E-state index contributed by atoms with van der Waals surface area (Å²) in [5.41, 5.74) is 5.29. The Bertz CT molecular complexity index is 192. The second-order valence-electron chi connectivity index (χ2n) is 4.57. The topological polar surface area (TPSA) is 93.4 Å². The molecular weight excluding hydrogens is 304 g/mol. The number of hydrogen-bond donors (Lipinski definition) is 2. The molecule has 0 radical (unpaired) electrons. The number of hydrogen-bond acceptors (Lipinski definition) is 8. The van der Waals surface area contributed by atoms with Crippen molar-refractivity contribution < 1.29 is 28.4 Å². The van der Waals surface area contributed by atoms with E-state index < -0.39 is 0 Å². The monoisotopic (exact) mass is 338 g/mol. The molecule has 0 bridgehead atoms. The lowest BCUT2D eigenvalue weighted by Crippen LogP contribution is -2.17. The highest BCUT2D eigenvalue weighted by molar-refractivity contribution is 4.38. The largest absolute Gasteiger partial charge is 0.378 e. The summed E-state index contributed by atoms with van der Waals surface area (Å²) in [5.74, 6) is 0. The number of nitrogens with two attached hydrogens (primary N) is 1. The van der Waals surface area contributed by atoms with Gasteiger partial charge in [-0.25, -0.2) is 0 Å². The molecule has 0 spiro atoms. The van der Waals surface area contributed by atoms with Crippen molar-refractivity contribution in [3.8, 4) is 0 Å². The average molecular weight is 338 g/mol. The molecule has 8 heteroatoms. The van der Waals surface area contributed by atoms with Gasteiger partial charge in [0.1, 0.15) is 0 Å². The quantitative estimate of drug-likeness (QED) is 0.281. The highest BCUT2D eigenvalue weighted by Crippen LogP contribution is 1.84. The van der Waals surface area contributed by atoms with Crippen LogP contribution < -0.4 is 11.1 Å². The van der Waals surface area contributed by atoms with Gasteiger partial charge in [0.05, 0.1) is 79.3 Å². The van der Waals surface area contributed by atoms with Gasteiger partial charge in [-0.3, -0.25) is 0 Å². The molecule has 3 N–H and O–H groups in total. The summed E-state index contributed by atoms with van der Waals surface area (Å²) in [6, 6.07) is 0. The van der Waals surface area contributed by atoms with Crippen LogP contribution in [-0.4, -0.2) is 99.4 Å². The summed E-state index contributed by atoms with van der Waals surface area (Å²) in [4.78, 5) is 0. The first-order valence-corrected chi connectivity index (χ1v) is 8.23. The van der Waals surface area contributed by atoms with Gasteiger partial charge in [-0.05, 0) is 7.05 Å². The van der Waals surface area contributed by atoms with Crippen LogP contribution in [0.2, 0.25) is 0 Å². The van der Waals surface area contributed by atoms with Crippen LogP contribution in [0.1, 0.15) is 0 Å². The number of likely N-dealkylation sites (N-methyl/N-ethyl adjacent to an activating group) is 1. The molecule has 23 heavy (non-hydrogen) atoms. The summed E-state index contributed by atoms with van der Waals surface area (Å²) >= 11 is 0. The third kappa shape index (κ3) is 21.7. The lowest BCUT2D eigenvalue weighted by atomic mass is 10.6. The second kappa shape index (κ2) is 21.7. The first kappa shape index (κ1) is 22.7. The van der Waals surface area contributed by atoms with Gasteiger partial charge in [-0.2, -0.15) is 0 Å². The Hall–Kier alpha value is -0.320. The van der Waals surface area contributed by atoms with Crippen LogP contribution in [0.5, 0.6) is 0 Å². The van der Waals surface area contributed by atoms with Crippen LogP contribution in [0.4, 0.5) is 0 Å². The van der Waals surface area contributed by atoms with Crippen LogP contribution in [0.3, 0.4) is 0 Å². The van der Waals surface area contributed by atoms with E-state index in [9.17, 15) is 0 Å². The van der Waals surface area contributed by atoms with Gasteiger partial charge in [-0.1, -0.05) is 0 Å². The smallest absolute Gasteiger partial charge is 0.0701 e. The molecule has 0 aromatic carbocycles. The number of nitrogens with one attached hydrogen (secondary N) is 1. The summed E-state index contributed by atoms with van der Waals surface area (Å²) in [5, 5.41) is 3.01. The molecule has 0 rings (SSSR count). The van der Waals surface area contributed by atoms with Gasteiger partial charge < -0.3 is 39.5 Å². The SMILES string of the molecule is CNCCOCCOCCOCCOCCOCCOCCN. The van der Waals surface area contributed by atoms with E-state index in [1.54, 1.807) is 0 Å². The Labute approximate surface area is 139 Å². The van der Waals surface area contributed by atoms with Crippen molar-refractivity contribution in [2.24, 2.45) is 5.73 Å². The fourth-order valence-corrected chi connectivity index (χ4v) is 1.46. The van der Waals surface area contributed by atoms with Gasteiger partial charge in [0.25, 0.3) is 0 Å². The minimum absolute atomic E-state index is 0.540. The lowest BCUT2D eigenvalue weighted by molar-refractivity contribution is -0.0162. The van der Waals surface area contributed by atoms with Crippen molar-refractivity contribution in [1.29, 1.82) is 0 Å². The van der Waals surface area contributed by atoms with Gasteiger partial charge in [0.15, 0.2) is 0 Å². The zero-order valence-electron chi connectivity index (χ0n) is 14.4. The van der Waals surface area contributed by atoms with Crippen molar-refractivity contribution in [3.63, 3.8) is 0 Å². The number of ether oxygens (including phenoxy) is 6. The summed E-state index contributed by atoms with van der Waals surface area (Å²) in [6.45, 7) is 8.38. The Balaban J connectivity index is 2.92. The van der Waals surface area contributed by atoms with E-state index in [1.165, 1.54) is 0 Å². The predicted octanol–water partition coefficient (Wildman–Crippen LogP) is -0.736. The van der Waals surface area contributed by atoms with E-state index in [1.807, 2.05) is 7.05 Å². The van der Waals surface area contributed by atoms with Crippen molar-refractivity contribution in [2.45, 2.75) is 0 Å². The van der Waals surface area contributed by atoms with E-state index >= 15 is 0 Å². The maximum Gasteiger partial charge on any atom is 0.0701 e. The summed E-state index contributed by atoms with van der Waals surface area (Å²) < 4.78 is 31.9. The zero-order valence-corrected chi connectivity index (χ0v) is 14.4. The molecule has 0 fully saturated rings. The average Bonchev–Trinajstić information content (AvgIpc) is 2.57. The summed E-state index contributed by atoms with van der Waals surface area (Å²) in [7, 11) is 1.90. The molecule has 0 aromatic rings. The minimum Gasteiger partial charge on any atom is -0.378 e. The van der Waals surface area contributed by atoms with Crippen molar-refractivity contribution in [3.05, 3.63) is 0 Å². The Morgan fingerprint density at radius 2 is 0.826 bits per heavy atom. The standard InChI is InChI=1S/C15H34N2O6/c1-17-3-5-19-7-9-21-11-13-23-15-14-22-12-10-20-8-6-18-4-2-16/h17H,2-16H2,1H3. The van der Waals surface area contributed by atoms with Gasteiger partial charge in [-0.15, -0.1) is 0 Å². The third-order valence-corrected chi connectivity index (χ3v) is 2.62. The van der Waals surface area contributed by atoms with Crippen LogP contribution >= 0.6 is 0 Å². The maximum absolute atomic E-state index is 5.38. The number of rotatable bonds is 20. The highest BCUT2D eigenvalue weighted by atomic mass is 16.6. The fraction of sp³-hybridized carbons (Fsp3) is 1.00. The van der Waals surface area contributed by atoms with Crippen molar-refractivity contribution in [2.75, 3.05) is 99.4 Å². The maximum atomic E-state index is 5.38. The van der Waals surface area contributed by atoms with E-state index in [0.717, 1.165) is 6.54 Å². The van der Waals surface area contributed by atoms with Crippen LogP contribution in [0.25, 0.3) is 0 Å². The van der Waals surface area contributed by atoms with Crippen LogP contribution in [0.15, 0.2) is 0 Å². The highest BCUT2D eigenvalue weighted by Gasteiger charge is 1.93. The molecule has 140 valence electrons. The molecule has 0 aromatic heterocycles. The predicted molar refractivity (Wildman–Crippen MR) is 87.9 cm³/mol. The van der Waals surface area contributed by atoms with Gasteiger partial charge in [0.2, 0.25) is 0 Å². The van der Waals surface area contributed by atoms with Gasteiger partial charge in [0, 0.05) is 13.1 Å². The van der Waals surface area contributed by atoms with Crippen LogP contribution in [0, 0.1) is 0 Å². The molecule has 0 saturated heterocycles. The van der Waals surface area contributed by atoms with Gasteiger partial charge >= 0.3 is 0 Å². The molecule has 0 unspecified atom stereocenters.